The van der Waals surface area contributed by atoms with Crippen LogP contribution in [0.25, 0.3) is 0 Å². The van der Waals surface area contributed by atoms with Crippen molar-refractivity contribution >= 4 is 15.8 Å². The zero-order valence-electron chi connectivity index (χ0n) is 15.2. The molecule has 144 valence electrons. The number of nitrogens with two attached hydrogens (primary N) is 1. The SMILES string of the molecule is CCOC(=O)[C@]1(CN)[C@H](c2cccc(F)c2)[C@@H]1S(=O)(=O)c1ccc(C)cc1. The van der Waals surface area contributed by atoms with Crippen molar-refractivity contribution in [2.45, 2.75) is 29.9 Å². The Balaban J connectivity index is 2.12. The smallest absolute Gasteiger partial charge is 0.315 e. The molecule has 1 saturated carbocycles. The number of aryl methyl sites for hydroxylation is 1. The molecule has 7 heteroatoms. The van der Waals surface area contributed by atoms with Crippen LogP contribution >= 0.6 is 0 Å². The van der Waals surface area contributed by atoms with Gasteiger partial charge in [0.1, 0.15) is 11.2 Å². The largest absolute Gasteiger partial charge is 0.465 e. The second kappa shape index (κ2) is 7.05. The minimum absolute atomic E-state index is 0.105. The van der Waals surface area contributed by atoms with Gasteiger partial charge in [0.15, 0.2) is 9.84 Å². The molecule has 3 atom stereocenters. The Morgan fingerprint density at radius 2 is 1.89 bits per heavy atom. The summed E-state index contributed by atoms with van der Waals surface area (Å²) in [5.41, 5.74) is 5.82. The average Bonchev–Trinajstić information content (AvgIpc) is 3.34. The first-order chi connectivity index (χ1) is 12.8. The topological polar surface area (TPSA) is 86.5 Å². The summed E-state index contributed by atoms with van der Waals surface area (Å²) in [5, 5.41) is -1.10. The molecule has 0 aliphatic heterocycles. The maximum atomic E-state index is 13.8. The van der Waals surface area contributed by atoms with Crippen molar-refractivity contribution in [2.75, 3.05) is 13.2 Å². The summed E-state index contributed by atoms with van der Waals surface area (Å²) in [6.45, 7) is 3.40. The zero-order valence-corrected chi connectivity index (χ0v) is 16.0. The minimum atomic E-state index is -3.88. The Labute approximate surface area is 158 Å². The highest BCUT2D eigenvalue weighted by atomic mass is 32.2. The second-order valence-corrected chi connectivity index (χ2v) is 8.85. The summed E-state index contributed by atoms with van der Waals surface area (Å²) in [6.07, 6.45) is 0. The summed E-state index contributed by atoms with van der Waals surface area (Å²) in [6, 6.07) is 12.0. The number of carbonyl (C=O) groups excluding carboxylic acids is 1. The first-order valence-electron chi connectivity index (χ1n) is 8.72. The van der Waals surface area contributed by atoms with Crippen LogP contribution in [0.2, 0.25) is 0 Å². The van der Waals surface area contributed by atoms with Crippen molar-refractivity contribution in [1.29, 1.82) is 0 Å². The first-order valence-corrected chi connectivity index (χ1v) is 10.3. The van der Waals surface area contributed by atoms with E-state index in [4.69, 9.17) is 10.5 Å². The fraction of sp³-hybridized carbons (Fsp3) is 0.350. The van der Waals surface area contributed by atoms with Crippen LogP contribution in [0.4, 0.5) is 4.39 Å². The van der Waals surface area contributed by atoms with Gasteiger partial charge in [0.25, 0.3) is 0 Å². The Bertz CT molecular complexity index is 958. The van der Waals surface area contributed by atoms with Crippen molar-refractivity contribution in [3.63, 3.8) is 0 Å². The van der Waals surface area contributed by atoms with Crippen LogP contribution in [0, 0.1) is 18.2 Å². The van der Waals surface area contributed by atoms with Gasteiger partial charge in [-0.15, -0.1) is 0 Å². The lowest BCUT2D eigenvalue weighted by Gasteiger charge is -2.14. The fourth-order valence-electron chi connectivity index (χ4n) is 3.74. The molecule has 0 heterocycles. The zero-order chi connectivity index (χ0) is 19.8. The number of halogens is 1. The van der Waals surface area contributed by atoms with Crippen LogP contribution in [0.1, 0.15) is 24.0 Å². The lowest BCUT2D eigenvalue weighted by atomic mass is 9.99. The number of carbonyl (C=O) groups is 1. The maximum absolute atomic E-state index is 13.8. The fourth-order valence-corrected chi connectivity index (χ4v) is 6.12. The van der Waals surface area contributed by atoms with Gasteiger partial charge in [0, 0.05) is 12.5 Å². The molecule has 0 bridgehead atoms. The Hall–Kier alpha value is -2.25. The molecule has 0 amide bonds. The predicted molar refractivity (Wildman–Crippen MR) is 99.4 cm³/mol. The summed E-state index contributed by atoms with van der Waals surface area (Å²) in [5.74, 6) is -1.92. The highest BCUT2D eigenvalue weighted by Crippen LogP contribution is 2.64. The maximum Gasteiger partial charge on any atom is 0.315 e. The molecule has 2 aromatic carbocycles. The van der Waals surface area contributed by atoms with Crippen LogP contribution in [-0.2, 0) is 19.4 Å². The van der Waals surface area contributed by atoms with E-state index < -0.39 is 38.2 Å². The average molecular weight is 391 g/mol. The number of sulfone groups is 1. The summed E-state index contributed by atoms with van der Waals surface area (Å²) >= 11 is 0. The molecule has 0 aromatic heterocycles. The van der Waals surface area contributed by atoms with Gasteiger partial charge in [0.2, 0.25) is 0 Å². The van der Waals surface area contributed by atoms with Crippen molar-refractivity contribution in [2.24, 2.45) is 11.1 Å². The van der Waals surface area contributed by atoms with Crippen LogP contribution < -0.4 is 5.73 Å². The van der Waals surface area contributed by atoms with Gasteiger partial charge in [-0.2, -0.15) is 0 Å². The van der Waals surface area contributed by atoms with Crippen LogP contribution in [0.15, 0.2) is 53.4 Å². The van der Waals surface area contributed by atoms with E-state index in [1.54, 1.807) is 25.1 Å². The van der Waals surface area contributed by atoms with E-state index in [0.29, 0.717) is 5.56 Å². The Kier molecular flexibility index (Phi) is 5.10. The third-order valence-electron chi connectivity index (χ3n) is 5.14. The number of rotatable bonds is 6. The molecule has 1 fully saturated rings. The first kappa shape index (κ1) is 19.5. The Morgan fingerprint density at radius 1 is 1.22 bits per heavy atom. The van der Waals surface area contributed by atoms with Crippen LogP contribution in [0.3, 0.4) is 0 Å². The highest BCUT2D eigenvalue weighted by molar-refractivity contribution is 7.92. The number of hydrogen-bond donors (Lipinski definition) is 1. The molecular formula is C20H22FNO4S. The van der Waals surface area contributed by atoms with Crippen molar-refractivity contribution in [3.05, 3.63) is 65.5 Å². The molecule has 0 spiro atoms. The number of esters is 1. The normalized spacial score (nSPS) is 24.4. The molecular weight excluding hydrogens is 369 g/mol. The van der Waals surface area contributed by atoms with Crippen LogP contribution in [0.5, 0.6) is 0 Å². The van der Waals surface area contributed by atoms with E-state index in [0.717, 1.165) is 5.56 Å². The van der Waals surface area contributed by atoms with Crippen molar-refractivity contribution in [1.82, 2.24) is 0 Å². The molecule has 1 aliphatic carbocycles. The van der Waals surface area contributed by atoms with E-state index >= 15 is 0 Å². The van der Waals surface area contributed by atoms with Gasteiger partial charge in [-0.1, -0.05) is 29.8 Å². The summed E-state index contributed by atoms with van der Waals surface area (Å²) in [4.78, 5) is 12.8. The molecule has 27 heavy (non-hydrogen) atoms. The van der Waals surface area contributed by atoms with E-state index in [1.807, 2.05) is 6.92 Å². The summed E-state index contributed by atoms with van der Waals surface area (Å²) in [7, 11) is -3.88. The van der Waals surface area contributed by atoms with Gasteiger partial charge in [-0.25, -0.2) is 12.8 Å². The third kappa shape index (κ3) is 3.15. The van der Waals surface area contributed by atoms with E-state index in [1.165, 1.54) is 30.3 Å². The lowest BCUT2D eigenvalue weighted by Crippen LogP contribution is -2.33. The number of hydrogen-bond acceptors (Lipinski definition) is 5. The molecule has 0 saturated heterocycles. The lowest BCUT2D eigenvalue weighted by molar-refractivity contribution is -0.149. The van der Waals surface area contributed by atoms with Gasteiger partial charge in [-0.05, 0) is 43.7 Å². The molecule has 0 unspecified atom stereocenters. The second-order valence-electron chi connectivity index (χ2n) is 6.78. The standard InChI is InChI=1S/C20H22FNO4S/c1-3-26-19(23)20(12-22)17(14-5-4-6-15(21)11-14)18(20)27(24,25)16-9-7-13(2)8-10-16/h4-11,17-18H,3,12,22H2,1-2H3/t17-,18+,20-/m1/s1. The van der Waals surface area contributed by atoms with E-state index in [9.17, 15) is 17.6 Å². The molecule has 2 N–H and O–H groups in total. The van der Waals surface area contributed by atoms with Gasteiger partial charge >= 0.3 is 5.97 Å². The van der Waals surface area contributed by atoms with E-state index in [-0.39, 0.29) is 18.0 Å². The molecule has 5 nitrogen and oxygen atoms in total. The molecule has 0 radical (unpaired) electrons. The van der Waals surface area contributed by atoms with Gasteiger partial charge < -0.3 is 10.5 Å². The predicted octanol–water partition coefficient (Wildman–Crippen LogP) is 2.58. The third-order valence-corrected chi connectivity index (χ3v) is 7.43. The minimum Gasteiger partial charge on any atom is -0.465 e. The van der Waals surface area contributed by atoms with Crippen LogP contribution in [-0.4, -0.2) is 32.8 Å². The Morgan fingerprint density at radius 3 is 2.44 bits per heavy atom. The number of benzene rings is 2. The van der Waals surface area contributed by atoms with Crippen molar-refractivity contribution in [3.8, 4) is 0 Å². The molecule has 1 aliphatic rings. The monoisotopic (exact) mass is 391 g/mol. The van der Waals surface area contributed by atoms with Gasteiger partial charge in [-0.3, -0.25) is 4.79 Å². The highest BCUT2D eigenvalue weighted by Gasteiger charge is 2.75. The summed E-state index contributed by atoms with van der Waals surface area (Å²) < 4.78 is 45.5. The number of ether oxygens (including phenoxy) is 1. The van der Waals surface area contributed by atoms with Gasteiger partial charge in [0.05, 0.1) is 16.8 Å². The quantitative estimate of drug-likeness (QED) is 0.765. The molecule has 2 aromatic rings. The van der Waals surface area contributed by atoms with E-state index in [2.05, 4.69) is 0 Å². The molecule has 3 rings (SSSR count). The van der Waals surface area contributed by atoms with Crippen molar-refractivity contribution < 1.29 is 22.3 Å².